The Balaban J connectivity index is 2.67. The van der Waals surface area contributed by atoms with E-state index in [1.54, 1.807) is 6.92 Å². The van der Waals surface area contributed by atoms with Crippen molar-refractivity contribution < 1.29 is 19.1 Å². The third-order valence-corrected chi connectivity index (χ3v) is 4.40. The topological polar surface area (TPSA) is 84.5 Å². The van der Waals surface area contributed by atoms with Crippen LogP contribution < -0.4 is 10.6 Å². The highest BCUT2D eigenvalue weighted by molar-refractivity contribution is 7.14. The van der Waals surface area contributed by atoms with Crippen molar-refractivity contribution >= 4 is 29.2 Å². The van der Waals surface area contributed by atoms with Gasteiger partial charge in [0.2, 0.25) is 0 Å². The summed E-state index contributed by atoms with van der Waals surface area (Å²) in [7, 11) is 0. The van der Waals surface area contributed by atoms with Gasteiger partial charge in [0.25, 0.3) is 5.91 Å². The zero-order valence-corrected chi connectivity index (χ0v) is 14.8. The SMILES string of the molecule is CCCc1sc(C(=O)OC(C)C(=O)NC(=O)NCC)cc1CC. The lowest BCUT2D eigenvalue weighted by molar-refractivity contribution is -0.127. The Morgan fingerprint density at radius 2 is 1.96 bits per heavy atom. The number of thiophene rings is 1. The van der Waals surface area contributed by atoms with Gasteiger partial charge in [-0.1, -0.05) is 20.3 Å². The summed E-state index contributed by atoms with van der Waals surface area (Å²) in [6.45, 7) is 7.71. The van der Waals surface area contributed by atoms with Crippen molar-refractivity contribution in [3.63, 3.8) is 0 Å². The van der Waals surface area contributed by atoms with Crippen LogP contribution in [0.4, 0.5) is 4.79 Å². The van der Waals surface area contributed by atoms with E-state index in [0.717, 1.165) is 24.8 Å². The van der Waals surface area contributed by atoms with E-state index in [1.807, 2.05) is 13.0 Å². The summed E-state index contributed by atoms with van der Waals surface area (Å²) >= 11 is 1.41. The van der Waals surface area contributed by atoms with E-state index < -0.39 is 24.0 Å². The summed E-state index contributed by atoms with van der Waals surface area (Å²) in [5.41, 5.74) is 1.14. The number of rotatable bonds is 7. The molecule has 1 atom stereocenters. The van der Waals surface area contributed by atoms with Gasteiger partial charge in [0.15, 0.2) is 6.10 Å². The summed E-state index contributed by atoms with van der Waals surface area (Å²) in [5.74, 6) is -1.18. The van der Waals surface area contributed by atoms with Crippen LogP contribution >= 0.6 is 11.3 Å². The van der Waals surface area contributed by atoms with Gasteiger partial charge in [0.05, 0.1) is 0 Å². The van der Waals surface area contributed by atoms with Crippen LogP contribution in [-0.4, -0.2) is 30.6 Å². The van der Waals surface area contributed by atoms with Crippen LogP contribution in [0.5, 0.6) is 0 Å². The van der Waals surface area contributed by atoms with Crippen LogP contribution in [0.25, 0.3) is 0 Å². The van der Waals surface area contributed by atoms with E-state index in [0.29, 0.717) is 11.4 Å². The van der Waals surface area contributed by atoms with E-state index in [9.17, 15) is 14.4 Å². The van der Waals surface area contributed by atoms with Crippen molar-refractivity contribution in [2.24, 2.45) is 0 Å². The molecule has 0 saturated heterocycles. The minimum absolute atomic E-state index is 0.405. The second-order valence-corrected chi connectivity index (χ2v) is 6.20. The molecule has 0 spiro atoms. The lowest BCUT2D eigenvalue weighted by atomic mass is 10.1. The molecule has 0 aromatic carbocycles. The van der Waals surface area contributed by atoms with Crippen molar-refractivity contribution in [2.75, 3.05) is 6.54 Å². The van der Waals surface area contributed by atoms with Gasteiger partial charge in [-0.15, -0.1) is 11.3 Å². The predicted molar refractivity (Wildman–Crippen MR) is 89.8 cm³/mol. The maximum absolute atomic E-state index is 12.2. The highest BCUT2D eigenvalue weighted by Crippen LogP contribution is 2.25. The number of carbonyl (C=O) groups is 3. The zero-order valence-electron chi connectivity index (χ0n) is 14.0. The van der Waals surface area contributed by atoms with Crippen LogP contribution in [0.2, 0.25) is 0 Å². The lowest BCUT2D eigenvalue weighted by Gasteiger charge is -2.12. The zero-order chi connectivity index (χ0) is 17.4. The second kappa shape index (κ2) is 9.29. The maximum atomic E-state index is 12.2. The Labute approximate surface area is 140 Å². The molecule has 1 aromatic heterocycles. The molecule has 0 aliphatic rings. The molecule has 0 radical (unpaired) electrons. The molecular formula is C16H24N2O4S. The molecule has 0 fully saturated rings. The van der Waals surface area contributed by atoms with Gasteiger partial charge in [-0.25, -0.2) is 9.59 Å². The number of amides is 3. The number of urea groups is 1. The maximum Gasteiger partial charge on any atom is 0.349 e. The standard InChI is InChI=1S/C16H24N2O4S/c1-5-8-12-11(6-2)9-13(23-12)15(20)22-10(4)14(19)18-16(21)17-7-3/h9-10H,5-8H2,1-4H3,(H2,17,18,19,21). The Kier molecular flexibility index (Phi) is 7.74. The average molecular weight is 340 g/mol. The van der Waals surface area contributed by atoms with Gasteiger partial charge in [-0.05, 0) is 38.3 Å². The minimum Gasteiger partial charge on any atom is -0.448 e. The highest BCUT2D eigenvalue weighted by atomic mass is 32.1. The van der Waals surface area contributed by atoms with Crippen molar-refractivity contribution in [2.45, 2.75) is 53.1 Å². The van der Waals surface area contributed by atoms with Crippen molar-refractivity contribution in [3.8, 4) is 0 Å². The predicted octanol–water partition coefficient (Wildman–Crippen LogP) is 2.65. The molecule has 3 amide bonds. The number of nitrogens with one attached hydrogen (secondary N) is 2. The third kappa shape index (κ3) is 5.67. The summed E-state index contributed by atoms with van der Waals surface area (Å²) in [4.78, 5) is 36.9. The molecule has 7 heteroatoms. The number of carbonyl (C=O) groups excluding carboxylic acids is 3. The van der Waals surface area contributed by atoms with Gasteiger partial charge in [0.1, 0.15) is 4.88 Å². The third-order valence-electron chi connectivity index (χ3n) is 3.18. The van der Waals surface area contributed by atoms with E-state index in [4.69, 9.17) is 4.74 Å². The number of imide groups is 1. The number of aryl methyl sites for hydroxylation is 2. The molecule has 0 saturated carbocycles. The fourth-order valence-electron chi connectivity index (χ4n) is 2.00. The van der Waals surface area contributed by atoms with Crippen LogP contribution in [0.3, 0.4) is 0 Å². The average Bonchev–Trinajstić information content (AvgIpc) is 2.91. The van der Waals surface area contributed by atoms with E-state index in [1.165, 1.54) is 23.1 Å². The van der Waals surface area contributed by atoms with Crippen molar-refractivity contribution in [1.82, 2.24) is 10.6 Å². The molecular weight excluding hydrogens is 316 g/mol. The van der Waals surface area contributed by atoms with E-state index >= 15 is 0 Å². The minimum atomic E-state index is -1.04. The smallest absolute Gasteiger partial charge is 0.349 e. The van der Waals surface area contributed by atoms with Crippen LogP contribution in [0, 0.1) is 0 Å². The number of esters is 1. The Hall–Kier alpha value is -1.89. The van der Waals surface area contributed by atoms with Crippen molar-refractivity contribution in [1.29, 1.82) is 0 Å². The second-order valence-electron chi connectivity index (χ2n) is 5.06. The quantitative estimate of drug-likeness (QED) is 0.747. The van der Waals surface area contributed by atoms with Crippen LogP contribution in [-0.2, 0) is 22.4 Å². The van der Waals surface area contributed by atoms with Gasteiger partial charge < -0.3 is 10.1 Å². The normalized spacial score (nSPS) is 11.7. The van der Waals surface area contributed by atoms with Crippen molar-refractivity contribution in [3.05, 3.63) is 21.4 Å². The monoisotopic (exact) mass is 340 g/mol. The molecule has 23 heavy (non-hydrogen) atoms. The van der Waals surface area contributed by atoms with Crippen LogP contribution in [0.15, 0.2) is 6.07 Å². The number of hydrogen-bond donors (Lipinski definition) is 2. The van der Waals surface area contributed by atoms with Gasteiger partial charge >= 0.3 is 12.0 Å². The summed E-state index contributed by atoms with van der Waals surface area (Å²) in [5, 5.41) is 4.56. The van der Waals surface area contributed by atoms with Gasteiger partial charge in [0, 0.05) is 11.4 Å². The number of ether oxygens (including phenoxy) is 1. The Morgan fingerprint density at radius 3 is 2.52 bits per heavy atom. The number of hydrogen-bond acceptors (Lipinski definition) is 5. The molecule has 1 unspecified atom stereocenters. The first-order valence-electron chi connectivity index (χ1n) is 7.84. The molecule has 1 aromatic rings. The summed E-state index contributed by atoms with van der Waals surface area (Å²) in [6.07, 6.45) is 1.75. The summed E-state index contributed by atoms with van der Waals surface area (Å²) < 4.78 is 5.15. The van der Waals surface area contributed by atoms with Crippen LogP contribution in [0.1, 0.15) is 54.2 Å². The largest absolute Gasteiger partial charge is 0.448 e. The van der Waals surface area contributed by atoms with E-state index in [-0.39, 0.29) is 0 Å². The molecule has 0 bridgehead atoms. The Bertz CT molecular complexity index is 568. The first-order valence-corrected chi connectivity index (χ1v) is 8.65. The van der Waals surface area contributed by atoms with E-state index in [2.05, 4.69) is 17.6 Å². The first-order chi connectivity index (χ1) is 10.9. The van der Waals surface area contributed by atoms with Gasteiger partial charge in [-0.3, -0.25) is 10.1 Å². The molecule has 6 nitrogen and oxygen atoms in total. The Morgan fingerprint density at radius 1 is 1.26 bits per heavy atom. The molecule has 2 N–H and O–H groups in total. The fraction of sp³-hybridized carbons (Fsp3) is 0.562. The first kappa shape index (κ1) is 19.2. The lowest BCUT2D eigenvalue weighted by Crippen LogP contribution is -2.44. The fourth-order valence-corrected chi connectivity index (χ4v) is 3.23. The molecule has 0 aliphatic carbocycles. The molecule has 0 aliphatic heterocycles. The molecule has 1 rings (SSSR count). The molecule has 128 valence electrons. The highest BCUT2D eigenvalue weighted by Gasteiger charge is 2.22. The molecule has 1 heterocycles. The van der Waals surface area contributed by atoms with Gasteiger partial charge in [-0.2, -0.15) is 0 Å². The summed E-state index contributed by atoms with van der Waals surface area (Å²) in [6, 6.07) is 1.22.